The van der Waals surface area contributed by atoms with E-state index in [4.69, 9.17) is 5.11 Å². The number of nitrogens with zero attached hydrogens (tertiary/aromatic N) is 1. The average molecular weight is 284 g/mol. The molecule has 0 heterocycles. The Morgan fingerprint density at radius 3 is 2.25 bits per heavy atom. The molecule has 0 aromatic rings. The fraction of sp³-hybridized carbons (Fsp3) is 0.867. The highest BCUT2D eigenvalue weighted by atomic mass is 16.4. The van der Waals surface area contributed by atoms with E-state index < -0.39 is 11.9 Å². The first-order chi connectivity index (χ1) is 9.60. The predicted octanol–water partition coefficient (Wildman–Crippen LogP) is 2.85. The maximum Gasteiger partial charge on any atom is 0.317 e. The molecule has 5 heteroatoms. The quantitative estimate of drug-likeness (QED) is 0.720. The van der Waals surface area contributed by atoms with Crippen molar-refractivity contribution in [1.82, 2.24) is 10.2 Å². The van der Waals surface area contributed by atoms with Crippen LogP contribution >= 0.6 is 0 Å². The molecule has 1 fully saturated rings. The van der Waals surface area contributed by atoms with Gasteiger partial charge < -0.3 is 15.3 Å². The Hall–Kier alpha value is -1.26. The molecule has 116 valence electrons. The molecule has 0 spiro atoms. The number of nitrogens with one attached hydrogen (secondary N) is 1. The normalized spacial score (nSPS) is 21.7. The fourth-order valence-electron chi connectivity index (χ4n) is 2.69. The number of carboxylic acids is 1. The molecule has 0 aromatic carbocycles. The Labute approximate surface area is 121 Å². The van der Waals surface area contributed by atoms with Crippen molar-refractivity contribution in [3.63, 3.8) is 0 Å². The van der Waals surface area contributed by atoms with Crippen molar-refractivity contribution in [3.8, 4) is 0 Å². The summed E-state index contributed by atoms with van der Waals surface area (Å²) in [6, 6.07) is -0.296. The molecule has 1 saturated carbocycles. The minimum absolute atomic E-state index is 0.0925. The summed E-state index contributed by atoms with van der Waals surface area (Å²) in [4.78, 5) is 25.3. The van der Waals surface area contributed by atoms with Gasteiger partial charge in [0.15, 0.2) is 0 Å². The monoisotopic (exact) mass is 284 g/mol. The van der Waals surface area contributed by atoms with E-state index in [1.54, 1.807) is 0 Å². The number of unbranched alkanes of at least 4 members (excludes halogenated alkanes) is 2. The maximum absolute atomic E-state index is 12.3. The molecule has 2 atom stereocenters. The topological polar surface area (TPSA) is 69.6 Å². The van der Waals surface area contributed by atoms with E-state index in [1.165, 1.54) is 0 Å². The van der Waals surface area contributed by atoms with Gasteiger partial charge >= 0.3 is 12.0 Å². The third-order valence-corrected chi connectivity index (χ3v) is 3.99. The highest BCUT2D eigenvalue weighted by Gasteiger charge is 2.34. The molecule has 5 nitrogen and oxygen atoms in total. The lowest BCUT2D eigenvalue weighted by atomic mass is 10.0. The van der Waals surface area contributed by atoms with Crippen LogP contribution in [0.1, 0.15) is 58.8 Å². The highest BCUT2D eigenvalue weighted by Crippen LogP contribution is 2.26. The zero-order chi connectivity index (χ0) is 15.0. The van der Waals surface area contributed by atoms with Gasteiger partial charge in [-0.3, -0.25) is 4.79 Å². The molecule has 1 aliphatic rings. The van der Waals surface area contributed by atoms with Gasteiger partial charge in [0.05, 0.1) is 5.92 Å². The lowest BCUT2D eigenvalue weighted by Crippen LogP contribution is -2.48. The van der Waals surface area contributed by atoms with Crippen LogP contribution in [0, 0.1) is 5.92 Å². The Bertz CT molecular complexity index is 312. The summed E-state index contributed by atoms with van der Waals surface area (Å²) < 4.78 is 0. The second-order valence-corrected chi connectivity index (χ2v) is 5.63. The summed E-state index contributed by atoms with van der Waals surface area (Å²) >= 11 is 0. The van der Waals surface area contributed by atoms with E-state index in [0.29, 0.717) is 6.42 Å². The molecule has 1 aliphatic carbocycles. The van der Waals surface area contributed by atoms with Crippen LogP contribution in [0.2, 0.25) is 0 Å². The van der Waals surface area contributed by atoms with Crippen LogP contribution in [0.25, 0.3) is 0 Å². The Morgan fingerprint density at radius 1 is 1.15 bits per heavy atom. The van der Waals surface area contributed by atoms with Gasteiger partial charge in [-0.15, -0.1) is 0 Å². The summed E-state index contributed by atoms with van der Waals surface area (Å²) in [5, 5.41) is 12.1. The number of hydrogen-bond acceptors (Lipinski definition) is 2. The minimum Gasteiger partial charge on any atom is -0.481 e. The summed E-state index contributed by atoms with van der Waals surface area (Å²) in [6.45, 7) is 5.72. The largest absolute Gasteiger partial charge is 0.481 e. The van der Waals surface area contributed by atoms with Crippen LogP contribution in [-0.4, -0.2) is 41.1 Å². The zero-order valence-corrected chi connectivity index (χ0v) is 12.7. The zero-order valence-electron chi connectivity index (χ0n) is 12.7. The van der Waals surface area contributed by atoms with Gasteiger partial charge in [-0.2, -0.15) is 0 Å². The van der Waals surface area contributed by atoms with Crippen LogP contribution in [0.4, 0.5) is 4.79 Å². The van der Waals surface area contributed by atoms with E-state index in [-0.39, 0.29) is 12.1 Å². The molecule has 0 aliphatic heterocycles. The number of carbonyl (C=O) groups is 2. The van der Waals surface area contributed by atoms with Crippen LogP contribution in [0.3, 0.4) is 0 Å². The minimum atomic E-state index is -0.790. The summed E-state index contributed by atoms with van der Waals surface area (Å²) in [7, 11) is 0. The van der Waals surface area contributed by atoms with Gasteiger partial charge in [-0.05, 0) is 25.7 Å². The van der Waals surface area contributed by atoms with Gasteiger partial charge in [0, 0.05) is 19.1 Å². The summed E-state index contributed by atoms with van der Waals surface area (Å²) in [6.07, 6.45) is 6.41. The van der Waals surface area contributed by atoms with Crippen molar-refractivity contribution in [1.29, 1.82) is 0 Å². The molecule has 2 unspecified atom stereocenters. The first kappa shape index (κ1) is 16.8. The number of hydrogen-bond donors (Lipinski definition) is 2. The maximum atomic E-state index is 12.3. The van der Waals surface area contributed by atoms with E-state index in [2.05, 4.69) is 19.2 Å². The molecule has 20 heavy (non-hydrogen) atoms. The SMILES string of the molecule is CCCCN(CCCC)C(=O)NC1CCCC1C(=O)O. The third-order valence-electron chi connectivity index (χ3n) is 3.99. The van der Waals surface area contributed by atoms with Crippen molar-refractivity contribution in [2.45, 2.75) is 64.8 Å². The lowest BCUT2D eigenvalue weighted by Gasteiger charge is -2.26. The Kier molecular flexibility index (Phi) is 7.41. The van der Waals surface area contributed by atoms with Crippen LogP contribution in [0.15, 0.2) is 0 Å². The summed E-state index contributed by atoms with van der Waals surface area (Å²) in [5.74, 6) is -1.21. The van der Waals surface area contributed by atoms with Gasteiger partial charge in [0.25, 0.3) is 0 Å². The van der Waals surface area contributed by atoms with Gasteiger partial charge in [0.2, 0.25) is 0 Å². The smallest absolute Gasteiger partial charge is 0.317 e. The van der Waals surface area contributed by atoms with Crippen molar-refractivity contribution in [2.75, 3.05) is 13.1 Å². The van der Waals surface area contributed by atoms with E-state index in [0.717, 1.165) is 51.6 Å². The highest BCUT2D eigenvalue weighted by molar-refractivity contribution is 5.77. The van der Waals surface area contributed by atoms with Crippen LogP contribution < -0.4 is 5.32 Å². The van der Waals surface area contributed by atoms with Crippen LogP contribution in [-0.2, 0) is 4.79 Å². The molecule has 2 N–H and O–H groups in total. The Morgan fingerprint density at radius 2 is 1.75 bits per heavy atom. The second kappa shape index (κ2) is 8.82. The van der Waals surface area contributed by atoms with Gasteiger partial charge in [-0.25, -0.2) is 4.79 Å². The van der Waals surface area contributed by atoms with Crippen molar-refractivity contribution >= 4 is 12.0 Å². The molecule has 1 rings (SSSR count). The molecule has 0 radical (unpaired) electrons. The first-order valence-corrected chi connectivity index (χ1v) is 7.88. The van der Waals surface area contributed by atoms with E-state index in [1.807, 2.05) is 4.90 Å². The van der Waals surface area contributed by atoms with Crippen LogP contribution in [0.5, 0.6) is 0 Å². The second-order valence-electron chi connectivity index (χ2n) is 5.63. The van der Waals surface area contributed by atoms with Gasteiger partial charge in [-0.1, -0.05) is 33.1 Å². The van der Waals surface area contributed by atoms with Crippen molar-refractivity contribution < 1.29 is 14.7 Å². The molecule has 0 saturated heterocycles. The standard InChI is InChI=1S/C15H28N2O3/c1-3-5-10-17(11-6-4-2)15(20)16-13-9-7-8-12(13)14(18)19/h12-13H,3-11H2,1-2H3,(H,16,20)(H,18,19). The van der Waals surface area contributed by atoms with Crippen molar-refractivity contribution in [2.24, 2.45) is 5.92 Å². The lowest BCUT2D eigenvalue weighted by molar-refractivity contribution is -0.142. The molecular formula is C15H28N2O3. The number of rotatable bonds is 8. The number of urea groups is 1. The molecule has 0 bridgehead atoms. The Balaban J connectivity index is 2.53. The van der Waals surface area contributed by atoms with Gasteiger partial charge in [0.1, 0.15) is 0 Å². The molecule has 2 amide bonds. The number of carboxylic acid groups (broad SMARTS) is 1. The van der Waals surface area contributed by atoms with E-state index in [9.17, 15) is 9.59 Å². The fourth-order valence-corrected chi connectivity index (χ4v) is 2.69. The predicted molar refractivity (Wildman–Crippen MR) is 78.7 cm³/mol. The number of carbonyl (C=O) groups excluding carboxylic acids is 1. The first-order valence-electron chi connectivity index (χ1n) is 7.88. The summed E-state index contributed by atoms with van der Waals surface area (Å²) in [5.41, 5.74) is 0. The third kappa shape index (κ3) is 5.02. The van der Waals surface area contributed by atoms with E-state index >= 15 is 0 Å². The number of aliphatic carboxylic acids is 1. The number of amides is 2. The molecular weight excluding hydrogens is 256 g/mol. The molecule has 0 aromatic heterocycles. The van der Waals surface area contributed by atoms with Crippen molar-refractivity contribution in [3.05, 3.63) is 0 Å². The average Bonchev–Trinajstić information content (AvgIpc) is 2.87.